The van der Waals surface area contributed by atoms with E-state index < -0.39 is 12.1 Å². The molecule has 0 spiro atoms. The Balaban J connectivity index is 1.84. The van der Waals surface area contributed by atoms with E-state index in [1.807, 2.05) is 36.4 Å². The molecule has 0 fully saturated rings. The van der Waals surface area contributed by atoms with E-state index in [4.69, 9.17) is 9.84 Å². The van der Waals surface area contributed by atoms with E-state index in [1.54, 1.807) is 18.2 Å². The van der Waals surface area contributed by atoms with Gasteiger partial charge in [0.25, 0.3) is 0 Å². The lowest BCUT2D eigenvalue weighted by atomic mass is 9.86. The smallest absolute Gasteiger partial charge is 0.344 e. The van der Waals surface area contributed by atoms with Crippen molar-refractivity contribution in [3.8, 4) is 5.75 Å². The predicted molar refractivity (Wildman–Crippen MR) is 91.2 cm³/mol. The molecule has 0 aliphatic heterocycles. The third-order valence-electron chi connectivity index (χ3n) is 4.08. The molecule has 1 aliphatic rings. The van der Waals surface area contributed by atoms with Crippen molar-refractivity contribution >= 4 is 17.8 Å². The number of carbonyl (C=O) groups excluding carboxylic acids is 1. The normalized spacial score (nSPS) is 16.5. The molecule has 122 valence electrons. The van der Waals surface area contributed by atoms with Crippen LogP contribution in [0.5, 0.6) is 5.75 Å². The fourth-order valence-corrected chi connectivity index (χ4v) is 2.79. The molecule has 1 unspecified atom stereocenters. The van der Waals surface area contributed by atoms with Gasteiger partial charge in [0.2, 0.25) is 0 Å². The van der Waals surface area contributed by atoms with Crippen LogP contribution in [0.25, 0.3) is 6.08 Å². The van der Waals surface area contributed by atoms with Crippen LogP contribution in [0.2, 0.25) is 0 Å². The number of ether oxygens (including phenoxy) is 1. The predicted octanol–water partition coefficient (Wildman–Crippen LogP) is 3.75. The Kier molecular flexibility index (Phi) is 4.47. The van der Waals surface area contributed by atoms with Crippen LogP contribution in [0.4, 0.5) is 0 Å². The summed E-state index contributed by atoms with van der Waals surface area (Å²) in [6.45, 7) is 1.48. The first-order chi connectivity index (χ1) is 11.5. The molecule has 4 heteroatoms. The summed E-state index contributed by atoms with van der Waals surface area (Å²) >= 11 is 0. The average Bonchev–Trinajstić information content (AvgIpc) is 2.58. The summed E-state index contributed by atoms with van der Waals surface area (Å²) in [5, 5.41) is 8.92. The Labute approximate surface area is 140 Å². The van der Waals surface area contributed by atoms with Crippen molar-refractivity contribution in [1.82, 2.24) is 0 Å². The Bertz CT molecular complexity index is 820. The molecule has 1 aliphatic carbocycles. The molecule has 0 saturated carbocycles. The van der Waals surface area contributed by atoms with Gasteiger partial charge in [0.05, 0.1) is 0 Å². The van der Waals surface area contributed by atoms with Gasteiger partial charge < -0.3 is 9.84 Å². The number of carboxylic acid groups (broad SMARTS) is 1. The van der Waals surface area contributed by atoms with Crippen molar-refractivity contribution in [2.75, 3.05) is 0 Å². The second-order valence-corrected chi connectivity index (χ2v) is 5.83. The minimum absolute atomic E-state index is 0.0575. The highest BCUT2D eigenvalue weighted by molar-refractivity contribution is 6.13. The van der Waals surface area contributed by atoms with Crippen molar-refractivity contribution in [3.05, 3.63) is 70.8 Å². The fourth-order valence-electron chi connectivity index (χ4n) is 2.79. The molecule has 2 aromatic carbocycles. The zero-order chi connectivity index (χ0) is 17.1. The zero-order valence-corrected chi connectivity index (χ0v) is 13.4. The zero-order valence-electron chi connectivity index (χ0n) is 13.4. The monoisotopic (exact) mass is 322 g/mol. The molecule has 4 nitrogen and oxygen atoms in total. The highest BCUT2D eigenvalue weighted by Gasteiger charge is 2.21. The molecule has 0 heterocycles. The van der Waals surface area contributed by atoms with Gasteiger partial charge in [0.15, 0.2) is 11.9 Å². The van der Waals surface area contributed by atoms with Crippen LogP contribution >= 0.6 is 0 Å². The van der Waals surface area contributed by atoms with Crippen molar-refractivity contribution in [1.29, 1.82) is 0 Å². The van der Waals surface area contributed by atoms with Crippen LogP contribution in [0.1, 0.15) is 34.8 Å². The van der Waals surface area contributed by atoms with Crippen LogP contribution in [0.15, 0.2) is 54.1 Å². The lowest BCUT2D eigenvalue weighted by Gasteiger charge is -2.17. The summed E-state index contributed by atoms with van der Waals surface area (Å²) in [6, 6.07) is 14.8. The van der Waals surface area contributed by atoms with Gasteiger partial charge in [-0.05, 0) is 49.1 Å². The number of rotatable bonds is 4. The summed E-state index contributed by atoms with van der Waals surface area (Å²) in [5.41, 5.74) is 3.44. The summed E-state index contributed by atoms with van der Waals surface area (Å²) in [4.78, 5) is 23.5. The maximum absolute atomic E-state index is 12.6. The van der Waals surface area contributed by atoms with E-state index in [1.165, 1.54) is 6.92 Å². The van der Waals surface area contributed by atoms with Crippen LogP contribution < -0.4 is 4.74 Å². The number of aliphatic carboxylic acids is 1. The van der Waals surface area contributed by atoms with Gasteiger partial charge >= 0.3 is 5.97 Å². The Morgan fingerprint density at radius 1 is 1.17 bits per heavy atom. The quantitative estimate of drug-likeness (QED) is 0.871. The number of hydrogen-bond acceptors (Lipinski definition) is 3. The summed E-state index contributed by atoms with van der Waals surface area (Å²) in [7, 11) is 0. The minimum atomic E-state index is -1.02. The van der Waals surface area contributed by atoms with Crippen molar-refractivity contribution < 1.29 is 19.4 Å². The van der Waals surface area contributed by atoms with Crippen LogP contribution in [0, 0.1) is 0 Å². The fraction of sp³-hybridized carbons (Fsp3) is 0.200. The largest absolute Gasteiger partial charge is 0.479 e. The highest BCUT2D eigenvalue weighted by Crippen LogP contribution is 2.27. The van der Waals surface area contributed by atoms with E-state index >= 15 is 0 Å². The van der Waals surface area contributed by atoms with Crippen molar-refractivity contribution in [2.45, 2.75) is 25.9 Å². The number of fused-ring (bicyclic) bond motifs is 1. The number of benzene rings is 2. The van der Waals surface area contributed by atoms with Crippen LogP contribution in [-0.4, -0.2) is 23.0 Å². The average molecular weight is 322 g/mol. The van der Waals surface area contributed by atoms with E-state index in [-0.39, 0.29) is 5.78 Å². The van der Waals surface area contributed by atoms with Crippen LogP contribution in [0.3, 0.4) is 0 Å². The number of allylic oxidation sites excluding steroid dienone is 1. The Morgan fingerprint density at radius 3 is 2.75 bits per heavy atom. The van der Waals surface area contributed by atoms with E-state index in [2.05, 4.69) is 0 Å². The van der Waals surface area contributed by atoms with Gasteiger partial charge in [0, 0.05) is 11.1 Å². The number of Topliss-reactive ketones (excluding diaryl/α,β-unsaturated/α-hetero) is 1. The number of ketones is 1. The first-order valence-electron chi connectivity index (χ1n) is 7.87. The van der Waals surface area contributed by atoms with Crippen LogP contribution in [-0.2, 0) is 11.2 Å². The molecule has 0 amide bonds. The molecule has 3 rings (SSSR count). The number of aryl methyl sites for hydroxylation is 1. The number of carbonyl (C=O) groups is 2. The van der Waals surface area contributed by atoms with E-state index in [0.29, 0.717) is 12.2 Å². The van der Waals surface area contributed by atoms with Gasteiger partial charge in [-0.1, -0.05) is 36.4 Å². The first kappa shape index (κ1) is 16.0. The lowest BCUT2D eigenvalue weighted by molar-refractivity contribution is -0.144. The third-order valence-corrected chi connectivity index (χ3v) is 4.08. The van der Waals surface area contributed by atoms with Gasteiger partial charge in [-0.2, -0.15) is 0 Å². The third kappa shape index (κ3) is 3.38. The molecule has 0 radical (unpaired) electrons. The topological polar surface area (TPSA) is 63.6 Å². The second kappa shape index (κ2) is 6.71. The number of hydrogen-bond donors (Lipinski definition) is 1. The molecular formula is C20H18O4. The summed E-state index contributed by atoms with van der Waals surface area (Å²) < 4.78 is 5.37. The Morgan fingerprint density at radius 2 is 1.96 bits per heavy atom. The van der Waals surface area contributed by atoms with Crippen molar-refractivity contribution in [2.24, 2.45) is 0 Å². The molecule has 24 heavy (non-hydrogen) atoms. The SMILES string of the molecule is CC(Oc1cccc(/C=C2/CCc3ccccc3C2=O)c1)C(=O)O. The van der Waals surface area contributed by atoms with Crippen molar-refractivity contribution in [3.63, 3.8) is 0 Å². The molecule has 1 atom stereocenters. The minimum Gasteiger partial charge on any atom is -0.479 e. The van der Waals surface area contributed by atoms with E-state index in [9.17, 15) is 9.59 Å². The van der Waals surface area contributed by atoms with Gasteiger partial charge in [-0.3, -0.25) is 4.79 Å². The van der Waals surface area contributed by atoms with Gasteiger partial charge in [0.1, 0.15) is 5.75 Å². The standard InChI is InChI=1S/C20H18O4/c1-13(20(22)23)24-17-7-4-5-14(12-17)11-16-10-9-15-6-2-3-8-18(15)19(16)21/h2-8,11-13H,9-10H2,1H3,(H,22,23)/b16-11-. The first-order valence-corrected chi connectivity index (χ1v) is 7.87. The molecule has 1 N–H and O–H groups in total. The Hall–Kier alpha value is -2.88. The summed E-state index contributed by atoms with van der Waals surface area (Å²) in [5.74, 6) is -0.484. The maximum atomic E-state index is 12.6. The van der Waals surface area contributed by atoms with Gasteiger partial charge in [-0.15, -0.1) is 0 Å². The molecular weight excluding hydrogens is 304 g/mol. The maximum Gasteiger partial charge on any atom is 0.344 e. The lowest BCUT2D eigenvalue weighted by Crippen LogP contribution is -2.22. The molecule has 0 aromatic heterocycles. The van der Waals surface area contributed by atoms with Gasteiger partial charge in [-0.25, -0.2) is 4.79 Å². The molecule has 0 saturated heterocycles. The summed E-state index contributed by atoms with van der Waals surface area (Å²) in [6.07, 6.45) is 2.49. The number of carboxylic acids is 1. The molecule has 0 bridgehead atoms. The van der Waals surface area contributed by atoms with E-state index in [0.717, 1.165) is 28.7 Å². The second-order valence-electron chi connectivity index (χ2n) is 5.83. The molecule has 2 aromatic rings. The highest BCUT2D eigenvalue weighted by atomic mass is 16.5.